The van der Waals surface area contributed by atoms with Crippen LogP contribution in [0.3, 0.4) is 0 Å². The van der Waals surface area contributed by atoms with Crippen molar-refractivity contribution < 1.29 is 4.79 Å². The standard InChI is InChI=1S/C17H27N3O/c1-4-10-18-13-8-11-19-14(12-13)16(21)20-15-7-5-6-9-17(15,2)3/h8,11-12,15H,4-7,9-10H2,1-3H3,(H,18,19)(H,20,21). The lowest BCUT2D eigenvalue weighted by Gasteiger charge is -2.38. The number of aromatic nitrogens is 1. The molecule has 0 bridgehead atoms. The Balaban J connectivity index is 2.02. The molecule has 0 saturated heterocycles. The first-order valence-electron chi connectivity index (χ1n) is 8.04. The predicted molar refractivity (Wildman–Crippen MR) is 86.5 cm³/mol. The summed E-state index contributed by atoms with van der Waals surface area (Å²) in [6.07, 6.45) is 7.43. The van der Waals surface area contributed by atoms with Gasteiger partial charge >= 0.3 is 0 Å². The molecular weight excluding hydrogens is 262 g/mol. The Hall–Kier alpha value is -1.58. The number of nitrogens with one attached hydrogen (secondary N) is 2. The van der Waals surface area contributed by atoms with E-state index in [0.29, 0.717) is 5.69 Å². The van der Waals surface area contributed by atoms with E-state index in [2.05, 4.69) is 36.4 Å². The van der Waals surface area contributed by atoms with Crippen molar-refractivity contribution in [2.45, 2.75) is 58.9 Å². The maximum absolute atomic E-state index is 12.4. The second-order valence-electron chi connectivity index (χ2n) is 6.62. The molecule has 1 aliphatic rings. The summed E-state index contributed by atoms with van der Waals surface area (Å²) in [7, 11) is 0. The molecule has 1 aromatic heterocycles. The van der Waals surface area contributed by atoms with Crippen LogP contribution in [0.2, 0.25) is 0 Å². The van der Waals surface area contributed by atoms with Crippen molar-refractivity contribution in [2.75, 3.05) is 11.9 Å². The second kappa shape index (κ2) is 6.92. The van der Waals surface area contributed by atoms with Gasteiger partial charge in [0.05, 0.1) is 0 Å². The average Bonchev–Trinajstić information content (AvgIpc) is 2.47. The summed E-state index contributed by atoms with van der Waals surface area (Å²) in [6.45, 7) is 7.50. The van der Waals surface area contributed by atoms with Gasteiger partial charge in [0.2, 0.25) is 0 Å². The van der Waals surface area contributed by atoms with Crippen LogP contribution in [0.15, 0.2) is 18.3 Å². The zero-order valence-corrected chi connectivity index (χ0v) is 13.4. The van der Waals surface area contributed by atoms with Crippen LogP contribution in [0.25, 0.3) is 0 Å². The van der Waals surface area contributed by atoms with Gasteiger partial charge in [0.25, 0.3) is 5.91 Å². The van der Waals surface area contributed by atoms with Crippen molar-refractivity contribution in [1.29, 1.82) is 0 Å². The van der Waals surface area contributed by atoms with Crippen LogP contribution in [0.1, 0.15) is 63.4 Å². The number of hydrogen-bond donors (Lipinski definition) is 2. The van der Waals surface area contributed by atoms with Crippen molar-refractivity contribution in [3.63, 3.8) is 0 Å². The van der Waals surface area contributed by atoms with Crippen molar-refractivity contribution in [3.8, 4) is 0 Å². The Labute approximate surface area is 127 Å². The monoisotopic (exact) mass is 289 g/mol. The highest BCUT2D eigenvalue weighted by Gasteiger charge is 2.33. The number of carbonyl (C=O) groups excluding carboxylic acids is 1. The van der Waals surface area contributed by atoms with Gasteiger partial charge in [0.1, 0.15) is 5.69 Å². The van der Waals surface area contributed by atoms with E-state index < -0.39 is 0 Å². The number of nitrogens with zero attached hydrogens (tertiary/aromatic N) is 1. The second-order valence-corrected chi connectivity index (χ2v) is 6.62. The van der Waals surface area contributed by atoms with E-state index in [1.54, 1.807) is 6.20 Å². The SMILES string of the molecule is CCCNc1ccnc(C(=O)NC2CCCCC2(C)C)c1. The lowest BCUT2D eigenvalue weighted by atomic mass is 9.73. The first-order valence-corrected chi connectivity index (χ1v) is 8.04. The van der Waals surface area contributed by atoms with Gasteiger partial charge in [-0.05, 0) is 36.8 Å². The number of pyridine rings is 1. The molecule has 1 saturated carbocycles. The number of rotatable bonds is 5. The van der Waals surface area contributed by atoms with Gasteiger partial charge in [-0.3, -0.25) is 9.78 Å². The van der Waals surface area contributed by atoms with Crippen molar-refractivity contribution in [2.24, 2.45) is 5.41 Å². The van der Waals surface area contributed by atoms with Crippen LogP contribution in [-0.2, 0) is 0 Å². The van der Waals surface area contributed by atoms with Crippen LogP contribution in [-0.4, -0.2) is 23.5 Å². The summed E-state index contributed by atoms with van der Waals surface area (Å²) in [6, 6.07) is 3.98. The minimum absolute atomic E-state index is 0.0601. The third-order valence-corrected chi connectivity index (χ3v) is 4.38. The van der Waals surface area contributed by atoms with E-state index in [1.165, 1.54) is 19.3 Å². The van der Waals surface area contributed by atoms with Crippen molar-refractivity contribution in [1.82, 2.24) is 10.3 Å². The summed E-state index contributed by atoms with van der Waals surface area (Å²) in [4.78, 5) is 16.6. The molecule has 2 N–H and O–H groups in total. The van der Waals surface area contributed by atoms with Crippen LogP contribution < -0.4 is 10.6 Å². The van der Waals surface area contributed by atoms with Gasteiger partial charge in [0, 0.05) is 24.5 Å². The summed E-state index contributed by atoms with van der Waals surface area (Å²) in [5.41, 5.74) is 1.63. The van der Waals surface area contributed by atoms with Gasteiger partial charge in [-0.15, -0.1) is 0 Å². The van der Waals surface area contributed by atoms with Crippen LogP contribution in [0.5, 0.6) is 0 Å². The molecule has 1 aromatic rings. The van der Waals surface area contributed by atoms with Gasteiger partial charge in [-0.2, -0.15) is 0 Å². The normalized spacial score (nSPS) is 20.8. The molecule has 116 valence electrons. The maximum Gasteiger partial charge on any atom is 0.270 e. The fourth-order valence-corrected chi connectivity index (χ4v) is 2.93. The highest BCUT2D eigenvalue weighted by Crippen LogP contribution is 2.35. The number of amides is 1. The molecule has 1 fully saturated rings. The van der Waals surface area contributed by atoms with E-state index in [-0.39, 0.29) is 17.4 Å². The lowest BCUT2D eigenvalue weighted by molar-refractivity contribution is 0.0848. The molecular formula is C17H27N3O. The molecule has 1 unspecified atom stereocenters. The number of carbonyl (C=O) groups is 1. The Morgan fingerprint density at radius 2 is 2.24 bits per heavy atom. The summed E-state index contributed by atoms with van der Waals surface area (Å²) in [5.74, 6) is -0.0601. The fourth-order valence-electron chi connectivity index (χ4n) is 2.93. The third kappa shape index (κ3) is 4.19. The highest BCUT2D eigenvalue weighted by atomic mass is 16.1. The molecule has 0 radical (unpaired) electrons. The average molecular weight is 289 g/mol. The van der Waals surface area contributed by atoms with Crippen molar-refractivity contribution >= 4 is 11.6 Å². The lowest BCUT2D eigenvalue weighted by Crippen LogP contribution is -2.47. The topological polar surface area (TPSA) is 54.0 Å². The Bertz CT molecular complexity index is 485. The van der Waals surface area contributed by atoms with E-state index in [0.717, 1.165) is 25.1 Å². The Morgan fingerprint density at radius 3 is 2.95 bits per heavy atom. The van der Waals surface area contributed by atoms with E-state index in [9.17, 15) is 4.79 Å². The zero-order chi connectivity index (χ0) is 15.3. The summed E-state index contributed by atoms with van der Waals surface area (Å²) >= 11 is 0. The molecule has 1 amide bonds. The van der Waals surface area contributed by atoms with E-state index in [4.69, 9.17) is 0 Å². The molecule has 21 heavy (non-hydrogen) atoms. The zero-order valence-electron chi connectivity index (χ0n) is 13.4. The minimum atomic E-state index is -0.0601. The number of hydrogen-bond acceptors (Lipinski definition) is 3. The summed E-state index contributed by atoms with van der Waals surface area (Å²) in [5, 5.41) is 6.47. The van der Waals surface area contributed by atoms with E-state index >= 15 is 0 Å². The molecule has 1 atom stereocenters. The van der Waals surface area contributed by atoms with Crippen LogP contribution in [0.4, 0.5) is 5.69 Å². The Kier molecular flexibility index (Phi) is 5.21. The maximum atomic E-state index is 12.4. The quantitative estimate of drug-likeness (QED) is 0.870. The first kappa shape index (κ1) is 15.8. The predicted octanol–water partition coefficient (Wildman–Crippen LogP) is 3.60. The molecule has 0 aliphatic heterocycles. The number of anilines is 1. The van der Waals surface area contributed by atoms with Gasteiger partial charge < -0.3 is 10.6 Å². The van der Waals surface area contributed by atoms with Gasteiger partial charge in [0.15, 0.2) is 0 Å². The first-order chi connectivity index (χ1) is 10.0. The molecule has 4 nitrogen and oxygen atoms in total. The molecule has 2 rings (SSSR count). The van der Waals surface area contributed by atoms with Crippen LogP contribution in [0, 0.1) is 5.41 Å². The minimum Gasteiger partial charge on any atom is -0.385 e. The van der Waals surface area contributed by atoms with Crippen LogP contribution >= 0.6 is 0 Å². The Morgan fingerprint density at radius 1 is 1.43 bits per heavy atom. The fraction of sp³-hybridized carbons (Fsp3) is 0.647. The molecule has 1 aliphatic carbocycles. The summed E-state index contributed by atoms with van der Waals surface area (Å²) < 4.78 is 0. The highest BCUT2D eigenvalue weighted by molar-refractivity contribution is 5.93. The van der Waals surface area contributed by atoms with Crippen molar-refractivity contribution in [3.05, 3.63) is 24.0 Å². The smallest absolute Gasteiger partial charge is 0.270 e. The third-order valence-electron chi connectivity index (χ3n) is 4.38. The molecule has 1 heterocycles. The largest absolute Gasteiger partial charge is 0.385 e. The molecule has 0 spiro atoms. The van der Waals surface area contributed by atoms with Gasteiger partial charge in [-0.25, -0.2) is 0 Å². The van der Waals surface area contributed by atoms with E-state index in [1.807, 2.05) is 12.1 Å². The molecule has 0 aromatic carbocycles. The van der Waals surface area contributed by atoms with Gasteiger partial charge in [-0.1, -0.05) is 33.6 Å². The molecule has 4 heteroatoms.